The fourth-order valence-electron chi connectivity index (χ4n) is 3.44. The first-order chi connectivity index (χ1) is 12.7. The molecule has 1 aliphatic carbocycles. The van der Waals surface area contributed by atoms with Crippen molar-refractivity contribution >= 4 is 33.2 Å². The van der Waals surface area contributed by atoms with Gasteiger partial charge in [0.15, 0.2) is 0 Å². The van der Waals surface area contributed by atoms with Crippen molar-refractivity contribution < 1.29 is 13.9 Å². The van der Waals surface area contributed by atoms with Gasteiger partial charge in [-0.2, -0.15) is 5.26 Å². The number of anilines is 1. The Morgan fingerprint density at radius 3 is 3.04 bits per heavy atom. The maximum Gasteiger partial charge on any atom is 0.229 e. The fourth-order valence-corrected chi connectivity index (χ4v) is 4.70. The summed E-state index contributed by atoms with van der Waals surface area (Å²) in [6.07, 6.45) is 5.97. The van der Waals surface area contributed by atoms with Gasteiger partial charge in [-0.05, 0) is 49.4 Å². The second kappa shape index (κ2) is 6.85. The molecule has 0 unspecified atom stereocenters. The van der Waals surface area contributed by atoms with Crippen LogP contribution in [0.2, 0.25) is 0 Å². The molecule has 2 aromatic heterocycles. The van der Waals surface area contributed by atoms with Crippen molar-refractivity contribution in [2.45, 2.75) is 32.1 Å². The fraction of sp³-hybridized carbons (Fsp3) is 0.300. The van der Waals surface area contributed by atoms with Crippen LogP contribution in [-0.2, 0) is 24.1 Å². The number of methoxy groups -OCH3 is 1. The number of carbonyl (C=O) groups is 1. The van der Waals surface area contributed by atoms with Crippen molar-refractivity contribution in [3.8, 4) is 11.8 Å². The lowest BCUT2D eigenvalue weighted by molar-refractivity contribution is -0.115. The van der Waals surface area contributed by atoms with Crippen molar-refractivity contribution in [2.75, 3.05) is 12.4 Å². The Hall–Kier alpha value is -2.78. The molecule has 1 amide bonds. The van der Waals surface area contributed by atoms with Crippen LogP contribution in [0.3, 0.4) is 0 Å². The van der Waals surface area contributed by atoms with E-state index in [0.717, 1.165) is 53.5 Å². The highest BCUT2D eigenvalue weighted by Crippen LogP contribution is 2.37. The van der Waals surface area contributed by atoms with Crippen LogP contribution in [-0.4, -0.2) is 13.0 Å². The SMILES string of the molecule is COc1ccc2occ(CC(=O)Nc3sc4c(c3C#N)CCCC4)c2c1. The number of hydrogen-bond acceptors (Lipinski definition) is 5. The molecule has 0 bridgehead atoms. The highest BCUT2D eigenvalue weighted by molar-refractivity contribution is 7.16. The molecule has 0 saturated heterocycles. The van der Waals surface area contributed by atoms with Gasteiger partial charge in [0.2, 0.25) is 5.91 Å². The summed E-state index contributed by atoms with van der Waals surface area (Å²) in [4.78, 5) is 13.8. The number of fused-ring (bicyclic) bond motifs is 2. The van der Waals surface area contributed by atoms with Gasteiger partial charge in [-0.15, -0.1) is 11.3 Å². The van der Waals surface area contributed by atoms with Crippen LogP contribution in [0.25, 0.3) is 11.0 Å². The Labute approximate surface area is 155 Å². The molecule has 132 valence electrons. The van der Waals surface area contributed by atoms with Gasteiger partial charge < -0.3 is 14.5 Å². The zero-order chi connectivity index (χ0) is 18.1. The van der Waals surface area contributed by atoms with E-state index in [1.54, 1.807) is 13.4 Å². The topological polar surface area (TPSA) is 75.3 Å². The van der Waals surface area contributed by atoms with Gasteiger partial charge in [-0.25, -0.2) is 0 Å². The van der Waals surface area contributed by atoms with Gasteiger partial charge in [-0.1, -0.05) is 0 Å². The molecule has 26 heavy (non-hydrogen) atoms. The number of aryl methyl sites for hydroxylation is 1. The lowest BCUT2D eigenvalue weighted by Gasteiger charge is -2.09. The number of thiophene rings is 1. The number of carbonyl (C=O) groups excluding carboxylic acids is 1. The summed E-state index contributed by atoms with van der Waals surface area (Å²) in [5, 5.41) is 14.0. The van der Waals surface area contributed by atoms with E-state index in [1.165, 1.54) is 16.2 Å². The lowest BCUT2D eigenvalue weighted by atomic mass is 9.96. The van der Waals surface area contributed by atoms with E-state index in [4.69, 9.17) is 9.15 Å². The summed E-state index contributed by atoms with van der Waals surface area (Å²) >= 11 is 1.54. The van der Waals surface area contributed by atoms with Crippen LogP contribution in [0.1, 0.15) is 34.4 Å². The molecule has 1 N–H and O–H groups in total. The van der Waals surface area contributed by atoms with Gasteiger partial charge in [0.1, 0.15) is 22.4 Å². The van der Waals surface area contributed by atoms with Crippen LogP contribution in [0.15, 0.2) is 28.9 Å². The summed E-state index contributed by atoms with van der Waals surface area (Å²) in [5.41, 5.74) is 3.28. The average molecular weight is 366 g/mol. The highest BCUT2D eigenvalue weighted by atomic mass is 32.1. The molecule has 0 aliphatic heterocycles. The van der Waals surface area contributed by atoms with Gasteiger partial charge in [0.05, 0.1) is 25.4 Å². The molecule has 0 atom stereocenters. The van der Waals surface area contributed by atoms with E-state index in [1.807, 2.05) is 18.2 Å². The Bertz CT molecular complexity index is 1030. The van der Waals surface area contributed by atoms with Gasteiger partial charge >= 0.3 is 0 Å². The maximum atomic E-state index is 12.6. The van der Waals surface area contributed by atoms with E-state index >= 15 is 0 Å². The number of nitrogens with zero attached hydrogens (tertiary/aromatic N) is 1. The summed E-state index contributed by atoms with van der Waals surface area (Å²) in [7, 11) is 1.61. The van der Waals surface area contributed by atoms with Crippen LogP contribution in [0.4, 0.5) is 5.00 Å². The molecular formula is C20H18N2O3S. The third-order valence-electron chi connectivity index (χ3n) is 4.75. The predicted molar refractivity (Wildman–Crippen MR) is 101 cm³/mol. The van der Waals surface area contributed by atoms with Crippen LogP contribution >= 0.6 is 11.3 Å². The number of amides is 1. The van der Waals surface area contributed by atoms with Crippen molar-refractivity contribution in [1.29, 1.82) is 5.26 Å². The summed E-state index contributed by atoms with van der Waals surface area (Å²) in [5.74, 6) is 0.573. The molecule has 0 spiro atoms. The van der Waals surface area contributed by atoms with Crippen molar-refractivity contribution in [2.24, 2.45) is 0 Å². The number of furan rings is 1. The Balaban J connectivity index is 1.57. The molecule has 0 radical (unpaired) electrons. The van der Waals surface area contributed by atoms with E-state index in [0.29, 0.717) is 10.6 Å². The normalized spacial score (nSPS) is 13.2. The van der Waals surface area contributed by atoms with E-state index in [-0.39, 0.29) is 12.3 Å². The molecular weight excluding hydrogens is 348 g/mol. The molecule has 3 aromatic rings. The first-order valence-electron chi connectivity index (χ1n) is 8.58. The number of nitriles is 1. The standard InChI is InChI=1S/C20H18N2O3S/c1-24-13-6-7-17-15(9-13)12(11-25-17)8-19(23)22-20-16(10-21)14-4-2-3-5-18(14)26-20/h6-7,9,11H,2-5,8H2,1H3,(H,22,23). The third-order valence-corrected chi connectivity index (χ3v) is 5.96. The van der Waals surface area contributed by atoms with Crippen molar-refractivity contribution in [1.82, 2.24) is 0 Å². The minimum absolute atomic E-state index is 0.148. The van der Waals surface area contributed by atoms with Gasteiger partial charge in [0, 0.05) is 15.8 Å². The molecule has 2 heterocycles. The molecule has 5 nitrogen and oxygen atoms in total. The first-order valence-corrected chi connectivity index (χ1v) is 9.40. The van der Waals surface area contributed by atoms with Crippen molar-refractivity contribution in [3.63, 3.8) is 0 Å². The first kappa shape index (κ1) is 16.7. The quantitative estimate of drug-likeness (QED) is 0.741. The van der Waals surface area contributed by atoms with E-state index < -0.39 is 0 Å². The smallest absolute Gasteiger partial charge is 0.229 e. The van der Waals surface area contributed by atoms with Crippen LogP contribution < -0.4 is 10.1 Å². The maximum absolute atomic E-state index is 12.6. The van der Waals surface area contributed by atoms with E-state index in [2.05, 4.69) is 11.4 Å². The van der Waals surface area contributed by atoms with Crippen molar-refractivity contribution in [3.05, 3.63) is 46.0 Å². The molecule has 6 heteroatoms. The Morgan fingerprint density at radius 2 is 2.23 bits per heavy atom. The highest BCUT2D eigenvalue weighted by Gasteiger charge is 2.22. The number of hydrogen-bond donors (Lipinski definition) is 1. The third kappa shape index (κ3) is 2.95. The minimum Gasteiger partial charge on any atom is -0.497 e. The molecule has 1 aliphatic rings. The Morgan fingerprint density at radius 1 is 1.38 bits per heavy atom. The number of ether oxygens (including phenoxy) is 1. The zero-order valence-electron chi connectivity index (χ0n) is 14.4. The second-order valence-corrected chi connectivity index (χ2v) is 7.48. The molecule has 0 fully saturated rings. The van der Waals surface area contributed by atoms with Crippen LogP contribution in [0, 0.1) is 11.3 Å². The number of nitrogens with one attached hydrogen (secondary N) is 1. The molecule has 0 saturated carbocycles. The zero-order valence-corrected chi connectivity index (χ0v) is 15.2. The average Bonchev–Trinajstić information content (AvgIpc) is 3.21. The number of benzene rings is 1. The Kier molecular flexibility index (Phi) is 4.39. The summed E-state index contributed by atoms with van der Waals surface area (Å²) < 4.78 is 10.8. The second-order valence-electron chi connectivity index (χ2n) is 6.37. The lowest BCUT2D eigenvalue weighted by Crippen LogP contribution is -2.14. The molecule has 1 aromatic carbocycles. The monoisotopic (exact) mass is 366 g/mol. The van der Waals surface area contributed by atoms with Gasteiger partial charge in [0.25, 0.3) is 0 Å². The van der Waals surface area contributed by atoms with Gasteiger partial charge in [-0.3, -0.25) is 4.79 Å². The molecule has 4 rings (SSSR count). The number of rotatable bonds is 4. The minimum atomic E-state index is -0.148. The summed E-state index contributed by atoms with van der Waals surface area (Å²) in [6, 6.07) is 7.79. The summed E-state index contributed by atoms with van der Waals surface area (Å²) in [6.45, 7) is 0. The largest absolute Gasteiger partial charge is 0.497 e. The van der Waals surface area contributed by atoms with E-state index in [9.17, 15) is 10.1 Å². The predicted octanol–water partition coefficient (Wildman–Crippen LogP) is 4.43. The van der Waals surface area contributed by atoms with Crippen LogP contribution in [0.5, 0.6) is 5.75 Å².